The van der Waals surface area contributed by atoms with Crippen molar-refractivity contribution in [2.45, 2.75) is 32.9 Å². The van der Waals surface area contributed by atoms with E-state index in [9.17, 15) is 19.2 Å². The molecule has 1 aromatic rings. The van der Waals surface area contributed by atoms with Gasteiger partial charge in [0.2, 0.25) is 0 Å². The van der Waals surface area contributed by atoms with E-state index in [0.29, 0.717) is 11.0 Å². The Bertz CT molecular complexity index is 1200. The van der Waals surface area contributed by atoms with Crippen LogP contribution in [0.5, 0.6) is 0 Å². The average Bonchev–Trinajstić information content (AvgIpc) is 2.62. The minimum atomic E-state index is -1.29. The van der Waals surface area contributed by atoms with Crippen LogP contribution in [0.4, 0.5) is 0 Å². The summed E-state index contributed by atoms with van der Waals surface area (Å²) >= 11 is 0. The number of rotatable bonds is 7. The number of aryl methyl sites for hydroxylation is 2. The number of nitrogens with one attached hydrogen (secondary N) is 2. The summed E-state index contributed by atoms with van der Waals surface area (Å²) in [6.45, 7) is 4.01. The number of carbonyl (C=O) groups is 2. The second kappa shape index (κ2) is 7.80. The van der Waals surface area contributed by atoms with Crippen LogP contribution < -0.4 is 16.6 Å². The van der Waals surface area contributed by atoms with Crippen molar-refractivity contribution in [3.05, 3.63) is 44.1 Å². The number of nitrogens with zero attached hydrogens (tertiary/aromatic N) is 3. The lowest BCUT2D eigenvalue weighted by Gasteiger charge is -2.19. The van der Waals surface area contributed by atoms with Crippen molar-refractivity contribution in [1.29, 1.82) is 0 Å². The molecular weight excluding hydrogens is 382 g/mol. The van der Waals surface area contributed by atoms with E-state index in [2.05, 4.69) is 20.3 Å². The van der Waals surface area contributed by atoms with Gasteiger partial charge in [0.05, 0.1) is 17.5 Å². The van der Waals surface area contributed by atoms with Crippen LogP contribution >= 0.6 is 0 Å². The Balaban J connectivity index is 2.07. The Hall–Kier alpha value is -3.60. The highest BCUT2D eigenvalue weighted by atomic mass is 16.4. The first kappa shape index (κ1) is 20.1. The van der Waals surface area contributed by atoms with Crippen LogP contribution in [0.1, 0.15) is 17.5 Å². The minimum absolute atomic E-state index is 0.0133. The van der Waals surface area contributed by atoms with Gasteiger partial charge in [-0.05, 0) is 37.1 Å². The molecule has 0 radical (unpaired) electrons. The number of carboxylic acid groups (broad SMARTS) is 2. The molecule has 152 valence electrons. The van der Waals surface area contributed by atoms with Gasteiger partial charge in [0.1, 0.15) is 6.04 Å². The highest BCUT2D eigenvalue weighted by Crippen LogP contribution is 2.23. The molecule has 0 bridgehead atoms. The van der Waals surface area contributed by atoms with E-state index < -0.39 is 35.7 Å². The third-order valence-corrected chi connectivity index (χ3v) is 4.63. The van der Waals surface area contributed by atoms with E-state index in [-0.39, 0.29) is 24.6 Å². The number of H-pyrrole nitrogens is 1. The van der Waals surface area contributed by atoms with E-state index >= 15 is 0 Å². The highest BCUT2D eigenvalue weighted by Gasteiger charge is 2.22. The van der Waals surface area contributed by atoms with Crippen LogP contribution in [0.2, 0.25) is 0 Å². The SMILES string of the molecule is Cc1cc2nc3c(=O)[nH]c(=O)nc-3n(CCNC(CC(=O)O)C(=O)O)c2cc1C. The standard InChI is InChI=1S/C18H19N5O6/c1-8-5-10-12(6-9(8)2)23(4-3-19-11(17(27)28)7-13(24)25)15-14(20-10)16(26)22-18(29)21-15/h5-6,11,19H,3-4,7H2,1-2H3,(H,24,25)(H,27,28)(H,22,26,29). The van der Waals surface area contributed by atoms with E-state index in [4.69, 9.17) is 10.2 Å². The second-order valence-electron chi connectivity index (χ2n) is 6.67. The second-order valence-corrected chi connectivity index (χ2v) is 6.67. The quantitative estimate of drug-likeness (QED) is 0.389. The molecule has 11 heteroatoms. The Kier molecular flexibility index (Phi) is 5.41. The van der Waals surface area contributed by atoms with Gasteiger partial charge in [0.25, 0.3) is 5.56 Å². The molecule has 0 aliphatic carbocycles. The first-order chi connectivity index (χ1) is 13.7. The summed E-state index contributed by atoms with van der Waals surface area (Å²) in [5.74, 6) is -2.46. The largest absolute Gasteiger partial charge is 0.481 e. The molecule has 0 amide bonds. The molecule has 2 heterocycles. The van der Waals surface area contributed by atoms with Gasteiger partial charge in [0.15, 0.2) is 11.5 Å². The zero-order valence-corrected chi connectivity index (χ0v) is 15.7. The van der Waals surface area contributed by atoms with E-state index in [1.54, 1.807) is 4.57 Å². The molecule has 11 nitrogen and oxygen atoms in total. The summed E-state index contributed by atoms with van der Waals surface area (Å²) in [6, 6.07) is 2.38. The summed E-state index contributed by atoms with van der Waals surface area (Å²) in [4.78, 5) is 56.3. The first-order valence-electron chi connectivity index (χ1n) is 8.77. The van der Waals surface area contributed by atoms with E-state index in [1.807, 2.05) is 26.0 Å². The predicted molar refractivity (Wildman–Crippen MR) is 102 cm³/mol. The summed E-state index contributed by atoms with van der Waals surface area (Å²) in [5.41, 5.74) is 1.56. The van der Waals surface area contributed by atoms with Gasteiger partial charge in [-0.3, -0.25) is 19.4 Å². The number of aromatic nitrogens is 4. The van der Waals surface area contributed by atoms with Gasteiger partial charge in [-0.2, -0.15) is 4.98 Å². The lowest BCUT2D eigenvalue weighted by Crippen LogP contribution is -2.40. The summed E-state index contributed by atoms with van der Waals surface area (Å²) in [7, 11) is 0. The molecule has 0 fully saturated rings. The lowest BCUT2D eigenvalue weighted by molar-refractivity contribution is -0.145. The van der Waals surface area contributed by atoms with Crippen molar-refractivity contribution in [2.24, 2.45) is 0 Å². The molecule has 2 aliphatic rings. The predicted octanol–water partition coefficient (Wildman–Crippen LogP) is -0.281. The Morgan fingerprint density at radius 1 is 1.17 bits per heavy atom. The normalized spacial score (nSPS) is 12.3. The fourth-order valence-electron chi connectivity index (χ4n) is 3.05. The molecule has 3 rings (SSSR count). The van der Waals surface area contributed by atoms with Crippen LogP contribution in [0.3, 0.4) is 0 Å². The number of carboxylic acids is 2. The van der Waals surface area contributed by atoms with Crippen molar-refractivity contribution in [3.8, 4) is 11.5 Å². The van der Waals surface area contributed by atoms with Crippen LogP contribution in [0.25, 0.3) is 22.6 Å². The van der Waals surface area contributed by atoms with Crippen molar-refractivity contribution < 1.29 is 19.8 Å². The average molecular weight is 401 g/mol. The molecule has 1 atom stereocenters. The number of hydrogen-bond donors (Lipinski definition) is 4. The van der Waals surface area contributed by atoms with Crippen molar-refractivity contribution in [2.75, 3.05) is 6.54 Å². The van der Waals surface area contributed by atoms with Crippen LogP contribution in [0, 0.1) is 13.8 Å². The van der Waals surface area contributed by atoms with Gasteiger partial charge in [-0.15, -0.1) is 0 Å². The third-order valence-electron chi connectivity index (χ3n) is 4.63. The maximum atomic E-state index is 12.2. The van der Waals surface area contributed by atoms with Gasteiger partial charge in [-0.25, -0.2) is 9.78 Å². The Morgan fingerprint density at radius 3 is 2.52 bits per heavy atom. The monoisotopic (exact) mass is 401 g/mol. The van der Waals surface area contributed by atoms with Crippen LogP contribution in [0.15, 0.2) is 21.7 Å². The molecule has 4 N–H and O–H groups in total. The molecule has 29 heavy (non-hydrogen) atoms. The summed E-state index contributed by atoms with van der Waals surface area (Å²) < 4.78 is 1.60. The summed E-state index contributed by atoms with van der Waals surface area (Å²) in [6.07, 6.45) is -0.585. The topological polar surface area (TPSA) is 167 Å². The van der Waals surface area contributed by atoms with Crippen molar-refractivity contribution in [1.82, 2.24) is 24.8 Å². The molecule has 1 unspecified atom stereocenters. The number of aliphatic carboxylic acids is 2. The van der Waals surface area contributed by atoms with E-state index in [0.717, 1.165) is 11.1 Å². The number of hydrogen-bond acceptors (Lipinski definition) is 7. The highest BCUT2D eigenvalue weighted by molar-refractivity contribution is 5.81. The fourth-order valence-corrected chi connectivity index (χ4v) is 3.05. The van der Waals surface area contributed by atoms with Crippen LogP contribution in [-0.4, -0.2) is 54.3 Å². The number of benzene rings is 1. The molecule has 0 saturated heterocycles. The molecule has 0 saturated carbocycles. The molecule has 0 aromatic heterocycles. The third kappa shape index (κ3) is 4.14. The molecule has 1 aromatic carbocycles. The number of aromatic amines is 1. The minimum Gasteiger partial charge on any atom is -0.481 e. The maximum absolute atomic E-state index is 12.2. The lowest BCUT2D eigenvalue weighted by atomic mass is 10.1. The Morgan fingerprint density at radius 2 is 1.86 bits per heavy atom. The first-order valence-corrected chi connectivity index (χ1v) is 8.77. The van der Waals surface area contributed by atoms with Crippen molar-refractivity contribution >= 4 is 23.0 Å². The zero-order chi connectivity index (χ0) is 21.3. The van der Waals surface area contributed by atoms with Gasteiger partial charge in [0, 0.05) is 13.1 Å². The zero-order valence-electron chi connectivity index (χ0n) is 15.7. The van der Waals surface area contributed by atoms with Gasteiger partial charge < -0.3 is 20.1 Å². The summed E-state index contributed by atoms with van der Waals surface area (Å²) in [5, 5.41) is 20.7. The fraction of sp³-hybridized carbons (Fsp3) is 0.333. The molecule has 0 spiro atoms. The maximum Gasteiger partial charge on any atom is 0.349 e. The number of fused-ring (bicyclic) bond motifs is 2. The molecular formula is C18H19N5O6. The molecule has 2 aliphatic heterocycles. The van der Waals surface area contributed by atoms with Gasteiger partial charge >= 0.3 is 17.6 Å². The Labute approximate surface area is 163 Å². The van der Waals surface area contributed by atoms with Crippen LogP contribution in [-0.2, 0) is 16.1 Å². The smallest absolute Gasteiger partial charge is 0.349 e. The van der Waals surface area contributed by atoms with Gasteiger partial charge in [-0.1, -0.05) is 0 Å². The van der Waals surface area contributed by atoms with E-state index in [1.165, 1.54) is 0 Å². The van der Waals surface area contributed by atoms with Crippen molar-refractivity contribution in [3.63, 3.8) is 0 Å².